The molecule has 4 nitrogen and oxygen atoms in total. The molecule has 0 amide bonds. The van der Waals surface area contributed by atoms with Crippen LogP contribution in [0, 0.1) is 0 Å². The van der Waals surface area contributed by atoms with E-state index >= 15 is 0 Å². The van der Waals surface area contributed by atoms with Crippen LogP contribution in [0.2, 0.25) is 0 Å². The Morgan fingerprint density at radius 2 is 2.19 bits per heavy atom. The molecule has 2 rings (SSSR count). The van der Waals surface area contributed by atoms with Crippen molar-refractivity contribution in [1.82, 2.24) is 9.97 Å². The smallest absolute Gasteiger partial charge is 0.221 e. The summed E-state index contributed by atoms with van der Waals surface area (Å²) in [6.07, 6.45) is 2.65. The van der Waals surface area contributed by atoms with E-state index in [2.05, 4.69) is 34.3 Å². The van der Waals surface area contributed by atoms with Gasteiger partial charge in [0.25, 0.3) is 0 Å². The minimum atomic E-state index is 0.275. The van der Waals surface area contributed by atoms with Crippen LogP contribution in [0.1, 0.15) is 12.5 Å². The predicted molar refractivity (Wildman–Crippen MR) is 65.5 cm³/mol. The lowest BCUT2D eigenvalue weighted by molar-refractivity contribution is 1.14. The van der Waals surface area contributed by atoms with Crippen molar-refractivity contribution in [3.8, 4) is 0 Å². The maximum atomic E-state index is 5.51. The summed E-state index contributed by atoms with van der Waals surface area (Å²) in [5.74, 6) is 0.984. The standard InChI is InChI=1S/C12H14N4/c1-2-9-4-3-5-10(8-9)15-11-6-7-14-12(13)16-11/h3-8H,2H2,1H3,(H3,13,14,15,16). The molecule has 0 bridgehead atoms. The van der Waals surface area contributed by atoms with Crippen LogP contribution in [-0.2, 0) is 6.42 Å². The third-order valence-corrected chi connectivity index (χ3v) is 2.28. The Kier molecular flexibility index (Phi) is 3.00. The number of rotatable bonds is 3. The molecule has 0 saturated carbocycles. The second kappa shape index (κ2) is 4.61. The Morgan fingerprint density at radius 3 is 2.94 bits per heavy atom. The zero-order chi connectivity index (χ0) is 11.4. The van der Waals surface area contributed by atoms with E-state index in [9.17, 15) is 0 Å². The molecule has 0 spiro atoms. The Bertz CT molecular complexity index is 482. The average Bonchev–Trinajstić information content (AvgIpc) is 2.29. The van der Waals surface area contributed by atoms with Gasteiger partial charge in [0.1, 0.15) is 5.82 Å². The van der Waals surface area contributed by atoms with Crippen molar-refractivity contribution < 1.29 is 0 Å². The molecule has 0 atom stereocenters. The van der Waals surface area contributed by atoms with Crippen molar-refractivity contribution in [3.05, 3.63) is 42.1 Å². The summed E-state index contributed by atoms with van der Waals surface area (Å²) in [7, 11) is 0. The van der Waals surface area contributed by atoms with Crippen molar-refractivity contribution in [2.24, 2.45) is 0 Å². The van der Waals surface area contributed by atoms with Gasteiger partial charge in [-0.2, -0.15) is 4.98 Å². The van der Waals surface area contributed by atoms with E-state index in [0.29, 0.717) is 5.82 Å². The van der Waals surface area contributed by atoms with Crippen LogP contribution >= 0.6 is 0 Å². The van der Waals surface area contributed by atoms with Gasteiger partial charge in [-0.05, 0) is 30.2 Å². The number of nitrogens with zero attached hydrogens (tertiary/aromatic N) is 2. The number of nitrogens with one attached hydrogen (secondary N) is 1. The molecule has 1 aromatic carbocycles. The summed E-state index contributed by atoms with van der Waals surface area (Å²) in [6.45, 7) is 2.13. The molecule has 4 heteroatoms. The summed E-state index contributed by atoms with van der Waals surface area (Å²) in [4.78, 5) is 7.92. The molecule has 0 aliphatic carbocycles. The molecule has 0 radical (unpaired) electrons. The third kappa shape index (κ3) is 2.48. The van der Waals surface area contributed by atoms with Crippen molar-refractivity contribution in [1.29, 1.82) is 0 Å². The number of anilines is 3. The van der Waals surface area contributed by atoms with Gasteiger partial charge in [0.05, 0.1) is 0 Å². The lowest BCUT2D eigenvalue weighted by Crippen LogP contribution is -1.99. The Morgan fingerprint density at radius 1 is 1.31 bits per heavy atom. The van der Waals surface area contributed by atoms with Gasteiger partial charge in [-0.25, -0.2) is 4.98 Å². The SMILES string of the molecule is CCc1cccc(Nc2ccnc(N)n2)c1. The van der Waals surface area contributed by atoms with Crippen LogP contribution in [0.25, 0.3) is 0 Å². The van der Waals surface area contributed by atoms with Crippen LogP contribution < -0.4 is 11.1 Å². The highest BCUT2D eigenvalue weighted by molar-refractivity contribution is 5.57. The minimum absolute atomic E-state index is 0.275. The summed E-state index contributed by atoms with van der Waals surface area (Å²) in [5, 5.41) is 3.19. The zero-order valence-electron chi connectivity index (χ0n) is 9.14. The van der Waals surface area contributed by atoms with Crippen LogP contribution in [0.3, 0.4) is 0 Å². The molecule has 82 valence electrons. The Hall–Kier alpha value is -2.10. The van der Waals surface area contributed by atoms with Crippen LogP contribution in [0.15, 0.2) is 36.5 Å². The summed E-state index contributed by atoms with van der Waals surface area (Å²) in [6, 6.07) is 10.00. The number of benzene rings is 1. The predicted octanol–water partition coefficient (Wildman–Crippen LogP) is 2.36. The first-order valence-corrected chi connectivity index (χ1v) is 5.22. The second-order valence-electron chi connectivity index (χ2n) is 3.48. The molecule has 0 fully saturated rings. The maximum absolute atomic E-state index is 5.51. The summed E-state index contributed by atoms with van der Waals surface area (Å²) >= 11 is 0. The van der Waals surface area contributed by atoms with Gasteiger partial charge >= 0.3 is 0 Å². The fourth-order valence-corrected chi connectivity index (χ4v) is 1.46. The van der Waals surface area contributed by atoms with Gasteiger partial charge < -0.3 is 11.1 Å². The quantitative estimate of drug-likeness (QED) is 0.823. The molecule has 0 unspecified atom stereocenters. The van der Waals surface area contributed by atoms with E-state index in [1.807, 2.05) is 12.1 Å². The third-order valence-electron chi connectivity index (χ3n) is 2.28. The van der Waals surface area contributed by atoms with Crippen molar-refractivity contribution in [2.45, 2.75) is 13.3 Å². The largest absolute Gasteiger partial charge is 0.368 e. The highest BCUT2D eigenvalue weighted by Gasteiger charge is 1.97. The highest BCUT2D eigenvalue weighted by atomic mass is 15.1. The average molecular weight is 214 g/mol. The van der Waals surface area contributed by atoms with Gasteiger partial charge in [-0.15, -0.1) is 0 Å². The monoisotopic (exact) mass is 214 g/mol. The van der Waals surface area contributed by atoms with Crippen molar-refractivity contribution in [2.75, 3.05) is 11.1 Å². The molecule has 0 saturated heterocycles. The Balaban J connectivity index is 2.20. The molecular formula is C12H14N4. The second-order valence-corrected chi connectivity index (χ2v) is 3.48. The molecule has 1 heterocycles. The van der Waals surface area contributed by atoms with Gasteiger partial charge in [0.2, 0.25) is 5.95 Å². The van der Waals surface area contributed by atoms with Crippen LogP contribution in [0.4, 0.5) is 17.5 Å². The summed E-state index contributed by atoms with van der Waals surface area (Å²) < 4.78 is 0. The van der Waals surface area contributed by atoms with Crippen LogP contribution in [-0.4, -0.2) is 9.97 Å². The number of nitrogens with two attached hydrogens (primary N) is 1. The summed E-state index contributed by atoms with van der Waals surface area (Å²) in [5.41, 5.74) is 7.80. The van der Waals surface area contributed by atoms with E-state index in [1.54, 1.807) is 12.3 Å². The highest BCUT2D eigenvalue weighted by Crippen LogP contribution is 2.16. The first kappa shape index (κ1) is 10.4. The molecule has 1 aromatic heterocycles. The fraction of sp³-hybridized carbons (Fsp3) is 0.167. The number of aryl methyl sites for hydroxylation is 1. The number of aromatic nitrogens is 2. The molecule has 16 heavy (non-hydrogen) atoms. The first-order valence-electron chi connectivity index (χ1n) is 5.22. The topological polar surface area (TPSA) is 63.8 Å². The first-order chi connectivity index (χ1) is 7.78. The lowest BCUT2D eigenvalue weighted by atomic mass is 10.1. The normalized spacial score (nSPS) is 10.1. The van der Waals surface area contributed by atoms with Gasteiger partial charge in [-0.1, -0.05) is 19.1 Å². The van der Waals surface area contributed by atoms with Crippen molar-refractivity contribution in [3.63, 3.8) is 0 Å². The maximum Gasteiger partial charge on any atom is 0.221 e. The van der Waals surface area contributed by atoms with E-state index in [1.165, 1.54) is 5.56 Å². The van der Waals surface area contributed by atoms with E-state index in [0.717, 1.165) is 12.1 Å². The molecular weight excluding hydrogens is 200 g/mol. The lowest BCUT2D eigenvalue weighted by Gasteiger charge is -2.06. The minimum Gasteiger partial charge on any atom is -0.368 e. The molecule has 0 aliphatic heterocycles. The van der Waals surface area contributed by atoms with E-state index in [-0.39, 0.29) is 5.95 Å². The van der Waals surface area contributed by atoms with Gasteiger partial charge in [0.15, 0.2) is 0 Å². The number of hydrogen-bond donors (Lipinski definition) is 2. The van der Waals surface area contributed by atoms with E-state index < -0.39 is 0 Å². The van der Waals surface area contributed by atoms with Gasteiger partial charge in [-0.3, -0.25) is 0 Å². The van der Waals surface area contributed by atoms with Crippen LogP contribution in [0.5, 0.6) is 0 Å². The van der Waals surface area contributed by atoms with Gasteiger partial charge in [0, 0.05) is 11.9 Å². The molecule has 0 aliphatic rings. The van der Waals surface area contributed by atoms with Crippen molar-refractivity contribution >= 4 is 17.5 Å². The fourth-order valence-electron chi connectivity index (χ4n) is 1.46. The van der Waals surface area contributed by atoms with E-state index in [4.69, 9.17) is 5.73 Å². The molecule has 3 N–H and O–H groups in total. The Labute approximate surface area is 94.5 Å². The number of hydrogen-bond acceptors (Lipinski definition) is 4. The molecule has 2 aromatic rings. The zero-order valence-corrected chi connectivity index (χ0v) is 9.14. The number of nitrogen functional groups attached to an aromatic ring is 1.